The van der Waals surface area contributed by atoms with Gasteiger partial charge in [-0.1, -0.05) is 0 Å². The molecule has 2 rings (SSSR count). The Hall–Kier alpha value is -0.300. The van der Waals surface area contributed by atoms with Crippen molar-refractivity contribution in [1.29, 1.82) is 0 Å². The molecule has 5 heteroatoms. The van der Waals surface area contributed by atoms with Gasteiger partial charge in [0.2, 0.25) is 0 Å². The highest BCUT2D eigenvalue weighted by molar-refractivity contribution is 14.1. The maximum absolute atomic E-state index is 4.14. The average Bonchev–Trinajstić information content (AvgIpc) is 2.27. The third-order valence-corrected chi connectivity index (χ3v) is 2.75. The van der Waals surface area contributed by atoms with E-state index in [9.17, 15) is 0 Å². The fourth-order valence-corrected chi connectivity index (χ4v) is 2.23. The van der Waals surface area contributed by atoms with Gasteiger partial charge in [-0.15, -0.1) is 16.4 Å². The Morgan fingerprint density at radius 1 is 1.50 bits per heavy atom. The number of aromatic nitrogens is 3. The van der Waals surface area contributed by atoms with E-state index in [1.54, 1.807) is 17.5 Å². The second kappa shape index (κ2) is 2.39. The van der Waals surface area contributed by atoms with Crippen LogP contribution in [0, 0.1) is 3.01 Å². The quantitative estimate of drug-likeness (QED) is 0.679. The molecule has 0 aliphatic carbocycles. The molecule has 0 radical (unpaired) electrons. The van der Waals surface area contributed by atoms with Gasteiger partial charge in [-0.25, -0.2) is 4.98 Å². The smallest absolute Gasteiger partial charge is 0.193 e. The number of hydrogen-bond acceptors (Lipinski definition) is 4. The van der Waals surface area contributed by atoms with Crippen molar-refractivity contribution in [2.75, 3.05) is 0 Å². The van der Waals surface area contributed by atoms with Crippen LogP contribution in [0.1, 0.15) is 0 Å². The summed E-state index contributed by atoms with van der Waals surface area (Å²) in [5.41, 5.74) is 0.747. The van der Waals surface area contributed by atoms with Crippen molar-refractivity contribution in [1.82, 2.24) is 15.2 Å². The largest absolute Gasteiger partial charge is 0.209 e. The number of nitrogens with zero attached hydrogens (tertiary/aromatic N) is 3. The number of hydrogen-bond donors (Lipinski definition) is 0. The fourth-order valence-electron chi connectivity index (χ4n) is 0.667. The highest BCUT2D eigenvalue weighted by atomic mass is 127. The van der Waals surface area contributed by atoms with Crippen LogP contribution in [0.3, 0.4) is 0 Å². The molecule has 0 atom stereocenters. The van der Waals surface area contributed by atoms with Crippen LogP contribution in [0.15, 0.2) is 12.3 Å². The minimum absolute atomic E-state index is 0.747. The number of rotatable bonds is 0. The van der Waals surface area contributed by atoms with Gasteiger partial charge in [-0.2, -0.15) is 5.10 Å². The predicted molar refractivity (Wildman–Crippen MR) is 47.9 cm³/mol. The van der Waals surface area contributed by atoms with E-state index in [1.807, 2.05) is 6.07 Å². The van der Waals surface area contributed by atoms with Crippen LogP contribution in [-0.2, 0) is 0 Å². The Morgan fingerprint density at radius 2 is 2.40 bits per heavy atom. The topological polar surface area (TPSA) is 38.7 Å². The molecule has 0 N–H and O–H groups in total. The summed E-state index contributed by atoms with van der Waals surface area (Å²) in [7, 11) is 0. The maximum Gasteiger partial charge on any atom is 0.193 e. The van der Waals surface area contributed by atoms with E-state index in [1.165, 1.54) is 0 Å². The Kier molecular flexibility index (Phi) is 1.53. The van der Waals surface area contributed by atoms with Gasteiger partial charge in [-0.05, 0) is 28.7 Å². The lowest BCUT2D eigenvalue weighted by atomic mass is 10.6. The SMILES string of the molecule is Ic1nc2nnccc2s1. The molecule has 0 amide bonds. The average molecular weight is 263 g/mol. The second-order valence-corrected chi connectivity index (χ2v) is 4.47. The van der Waals surface area contributed by atoms with E-state index in [0.29, 0.717) is 0 Å². The molecule has 0 aromatic carbocycles. The number of halogens is 1. The minimum Gasteiger partial charge on any atom is -0.209 e. The van der Waals surface area contributed by atoms with E-state index in [0.717, 1.165) is 13.4 Å². The van der Waals surface area contributed by atoms with E-state index in [2.05, 4.69) is 37.8 Å². The van der Waals surface area contributed by atoms with Crippen LogP contribution in [0.25, 0.3) is 10.3 Å². The molecule has 2 heterocycles. The van der Waals surface area contributed by atoms with Crippen molar-refractivity contribution in [3.05, 3.63) is 15.3 Å². The van der Waals surface area contributed by atoms with Crippen molar-refractivity contribution < 1.29 is 0 Å². The zero-order chi connectivity index (χ0) is 6.97. The van der Waals surface area contributed by atoms with Crippen molar-refractivity contribution >= 4 is 44.3 Å². The molecule has 0 saturated heterocycles. The predicted octanol–water partition coefficient (Wildman–Crippen LogP) is 1.69. The van der Waals surface area contributed by atoms with Crippen molar-refractivity contribution in [3.8, 4) is 0 Å². The van der Waals surface area contributed by atoms with Crippen LogP contribution in [0.5, 0.6) is 0 Å². The van der Waals surface area contributed by atoms with Crippen LogP contribution >= 0.6 is 33.9 Å². The fraction of sp³-hybridized carbons (Fsp3) is 0. The lowest BCUT2D eigenvalue weighted by Gasteiger charge is -1.78. The summed E-state index contributed by atoms with van der Waals surface area (Å²) in [4.78, 5) is 4.14. The summed E-state index contributed by atoms with van der Waals surface area (Å²) < 4.78 is 2.10. The molecule has 2 aromatic rings. The first-order chi connectivity index (χ1) is 4.86. The van der Waals surface area contributed by atoms with E-state index in [-0.39, 0.29) is 0 Å². The standard InChI is InChI=1S/C5H2IN3S/c6-5-8-4-3(10-5)1-2-7-9-4/h1-2H. The first kappa shape index (κ1) is 6.41. The van der Waals surface area contributed by atoms with Gasteiger partial charge in [0.15, 0.2) is 8.66 Å². The van der Waals surface area contributed by atoms with Gasteiger partial charge in [-0.3, -0.25) is 0 Å². The Balaban J connectivity index is 2.88. The summed E-state index contributed by atoms with van der Waals surface area (Å²) in [6, 6.07) is 1.92. The van der Waals surface area contributed by atoms with E-state index < -0.39 is 0 Å². The van der Waals surface area contributed by atoms with Gasteiger partial charge in [0.25, 0.3) is 0 Å². The van der Waals surface area contributed by atoms with Crippen molar-refractivity contribution in [2.24, 2.45) is 0 Å². The molecule has 0 spiro atoms. The Morgan fingerprint density at radius 3 is 3.20 bits per heavy atom. The lowest BCUT2D eigenvalue weighted by Crippen LogP contribution is -1.78. The summed E-state index contributed by atoms with van der Waals surface area (Å²) >= 11 is 3.80. The zero-order valence-electron chi connectivity index (χ0n) is 4.78. The number of thiazole rings is 1. The van der Waals surface area contributed by atoms with Crippen molar-refractivity contribution in [3.63, 3.8) is 0 Å². The molecule has 3 nitrogen and oxygen atoms in total. The molecule has 0 fully saturated rings. The molecule has 50 valence electrons. The van der Waals surface area contributed by atoms with E-state index >= 15 is 0 Å². The lowest BCUT2D eigenvalue weighted by molar-refractivity contribution is 1.06. The molecular weight excluding hydrogens is 261 g/mol. The Labute approximate surface area is 74.6 Å². The normalized spacial score (nSPS) is 10.5. The Bertz CT molecular complexity index is 325. The molecular formula is C5H2IN3S. The monoisotopic (exact) mass is 263 g/mol. The van der Waals surface area contributed by atoms with Crippen LogP contribution < -0.4 is 0 Å². The molecule has 2 aromatic heterocycles. The van der Waals surface area contributed by atoms with Gasteiger partial charge in [0, 0.05) is 0 Å². The molecule has 0 bridgehead atoms. The highest BCUT2D eigenvalue weighted by Gasteiger charge is 1.99. The van der Waals surface area contributed by atoms with Crippen LogP contribution in [0.2, 0.25) is 0 Å². The summed E-state index contributed by atoms with van der Waals surface area (Å²) in [6.07, 6.45) is 1.68. The summed E-state index contributed by atoms with van der Waals surface area (Å²) in [5, 5.41) is 7.56. The third kappa shape index (κ3) is 0.988. The maximum atomic E-state index is 4.14. The summed E-state index contributed by atoms with van der Waals surface area (Å²) in [5.74, 6) is 0. The molecule has 10 heavy (non-hydrogen) atoms. The molecule has 0 aliphatic heterocycles. The number of fused-ring (bicyclic) bond motifs is 1. The third-order valence-electron chi connectivity index (χ3n) is 1.05. The van der Waals surface area contributed by atoms with Gasteiger partial charge >= 0.3 is 0 Å². The molecule has 0 unspecified atom stereocenters. The minimum atomic E-state index is 0.747. The first-order valence-electron chi connectivity index (χ1n) is 2.60. The second-order valence-electron chi connectivity index (χ2n) is 1.69. The zero-order valence-corrected chi connectivity index (χ0v) is 7.76. The molecule has 0 saturated carbocycles. The molecule has 0 aliphatic rings. The van der Waals surface area contributed by atoms with Gasteiger partial charge < -0.3 is 0 Å². The van der Waals surface area contributed by atoms with Gasteiger partial charge in [0.05, 0.1) is 10.9 Å². The van der Waals surface area contributed by atoms with Crippen molar-refractivity contribution in [2.45, 2.75) is 0 Å². The first-order valence-corrected chi connectivity index (χ1v) is 4.49. The summed E-state index contributed by atoms with van der Waals surface area (Å²) in [6.45, 7) is 0. The van der Waals surface area contributed by atoms with Gasteiger partial charge in [0.1, 0.15) is 0 Å². The van der Waals surface area contributed by atoms with Crippen LogP contribution in [-0.4, -0.2) is 15.2 Å². The van der Waals surface area contributed by atoms with Crippen LogP contribution in [0.4, 0.5) is 0 Å². The highest BCUT2D eigenvalue weighted by Crippen LogP contribution is 2.19. The van der Waals surface area contributed by atoms with E-state index in [4.69, 9.17) is 0 Å².